The molecule has 0 saturated carbocycles. The number of esters is 1. The Morgan fingerprint density at radius 3 is 2.95 bits per heavy atom. The number of carbonyl (C=O) groups excluding carboxylic acids is 1. The number of nitriles is 1. The van der Waals surface area contributed by atoms with E-state index in [1.54, 1.807) is 6.20 Å². The zero-order valence-corrected chi connectivity index (χ0v) is 12.1. The van der Waals surface area contributed by atoms with Crippen LogP contribution in [-0.2, 0) is 9.53 Å². The molecule has 0 radical (unpaired) electrons. The number of fused-ring (bicyclic) bond motifs is 1. The van der Waals surface area contributed by atoms with Crippen LogP contribution >= 0.6 is 11.8 Å². The first kappa shape index (κ1) is 14.4. The van der Waals surface area contributed by atoms with Crippen molar-refractivity contribution in [3.63, 3.8) is 0 Å². The Morgan fingerprint density at radius 1 is 1.50 bits per heavy atom. The summed E-state index contributed by atoms with van der Waals surface area (Å²) in [5.74, 6) is 0.105. The summed E-state index contributed by atoms with van der Waals surface area (Å²) in [6.07, 6.45) is 1.58. The molecule has 0 spiro atoms. The molecule has 1 aromatic heterocycles. The molecule has 0 amide bonds. The second-order valence-electron chi connectivity index (χ2n) is 4.37. The van der Waals surface area contributed by atoms with Gasteiger partial charge in [0.25, 0.3) is 0 Å². The lowest BCUT2D eigenvalue weighted by atomic mass is 10.2. The quantitative estimate of drug-likeness (QED) is 0.638. The Bertz CT molecular complexity index is 679. The van der Waals surface area contributed by atoms with Crippen molar-refractivity contribution >= 4 is 28.6 Å². The van der Waals surface area contributed by atoms with E-state index in [-0.39, 0.29) is 11.9 Å². The molecule has 0 fully saturated rings. The second kappa shape index (κ2) is 6.40. The summed E-state index contributed by atoms with van der Waals surface area (Å²) in [5.41, 5.74) is 1.38. The van der Waals surface area contributed by atoms with Crippen LogP contribution in [0.2, 0.25) is 0 Å². The molecule has 1 unspecified atom stereocenters. The third-order valence-electron chi connectivity index (χ3n) is 2.93. The van der Waals surface area contributed by atoms with Gasteiger partial charge in [-0.25, -0.2) is 0 Å². The molecule has 20 heavy (non-hydrogen) atoms. The van der Waals surface area contributed by atoms with E-state index < -0.39 is 0 Å². The number of methoxy groups -OCH3 is 1. The van der Waals surface area contributed by atoms with Gasteiger partial charge in [0.15, 0.2) is 0 Å². The molecule has 0 N–H and O–H groups in total. The molecule has 4 nitrogen and oxygen atoms in total. The largest absolute Gasteiger partial charge is 0.469 e. The van der Waals surface area contributed by atoms with Crippen molar-refractivity contribution in [2.45, 2.75) is 11.8 Å². The van der Waals surface area contributed by atoms with Gasteiger partial charge in [0.2, 0.25) is 0 Å². The lowest BCUT2D eigenvalue weighted by Crippen LogP contribution is -2.14. The highest BCUT2D eigenvalue weighted by atomic mass is 32.2. The number of hydrogen-bond donors (Lipinski definition) is 0. The summed E-state index contributed by atoms with van der Waals surface area (Å²) in [5, 5.41) is 10.1. The molecule has 102 valence electrons. The lowest BCUT2D eigenvalue weighted by Gasteiger charge is -2.11. The molecule has 0 bridgehead atoms. The summed E-state index contributed by atoms with van der Waals surface area (Å²) in [6.45, 7) is 1.81. The van der Waals surface area contributed by atoms with Crippen molar-refractivity contribution in [1.29, 1.82) is 5.26 Å². The zero-order chi connectivity index (χ0) is 14.5. The van der Waals surface area contributed by atoms with Gasteiger partial charge < -0.3 is 4.74 Å². The van der Waals surface area contributed by atoms with E-state index in [9.17, 15) is 10.1 Å². The Kier molecular flexibility index (Phi) is 4.59. The van der Waals surface area contributed by atoms with Crippen molar-refractivity contribution in [2.75, 3.05) is 12.9 Å². The van der Waals surface area contributed by atoms with Crippen molar-refractivity contribution in [3.8, 4) is 6.07 Å². The van der Waals surface area contributed by atoms with Crippen molar-refractivity contribution in [3.05, 3.63) is 36.0 Å². The zero-order valence-electron chi connectivity index (χ0n) is 11.3. The fraction of sp³-hybridized carbons (Fsp3) is 0.267. The minimum Gasteiger partial charge on any atom is -0.469 e. The number of nitrogens with zero attached hydrogens (tertiary/aromatic N) is 2. The van der Waals surface area contributed by atoms with Gasteiger partial charge in [0.05, 0.1) is 24.1 Å². The van der Waals surface area contributed by atoms with Crippen LogP contribution in [0.5, 0.6) is 0 Å². The fourth-order valence-electron chi connectivity index (χ4n) is 1.83. The van der Waals surface area contributed by atoms with E-state index in [1.807, 2.05) is 31.2 Å². The van der Waals surface area contributed by atoms with Crippen LogP contribution in [0.15, 0.2) is 35.4 Å². The van der Waals surface area contributed by atoms with E-state index >= 15 is 0 Å². The maximum absolute atomic E-state index is 11.4. The molecule has 1 heterocycles. The molecule has 1 atom stereocenters. The average molecular weight is 286 g/mol. The maximum atomic E-state index is 11.4. The van der Waals surface area contributed by atoms with Crippen LogP contribution < -0.4 is 0 Å². The van der Waals surface area contributed by atoms with Crippen LogP contribution in [0.4, 0.5) is 0 Å². The topological polar surface area (TPSA) is 63.0 Å². The molecular formula is C15H14N2O2S. The van der Waals surface area contributed by atoms with Crippen molar-refractivity contribution in [1.82, 2.24) is 4.98 Å². The Hall–Kier alpha value is -2.06. The van der Waals surface area contributed by atoms with E-state index in [4.69, 9.17) is 4.74 Å². The van der Waals surface area contributed by atoms with Crippen LogP contribution in [0.25, 0.3) is 10.9 Å². The third-order valence-corrected chi connectivity index (χ3v) is 4.32. The third kappa shape index (κ3) is 2.91. The number of thioether (sulfide) groups is 1. The monoisotopic (exact) mass is 286 g/mol. The van der Waals surface area contributed by atoms with E-state index in [0.717, 1.165) is 15.8 Å². The average Bonchev–Trinajstić information content (AvgIpc) is 2.51. The molecule has 0 aliphatic rings. The molecule has 0 aliphatic carbocycles. The maximum Gasteiger partial charge on any atom is 0.309 e. The first-order valence-corrected chi connectivity index (χ1v) is 7.14. The van der Waals surface area contributed by atoms with Crippen LogP contribution in [0, 0.1) is 17.2 Å². The fourth-order valence-corrected chi connectivity index (χ4v) is 2.96. The number of hydrogen-bond acceptors (Lipinski definition) is 5. The number of para-hydroxylation sites is 1. The highest BCUT2D eigenvalue weighted by molar-refractivity contribution is 7.99. The van der Waals surface area contributed by atoms with E-state index in [2.05, 4.69) is 11.1 Å². The first-order chi connectivity index (χ1) is 9.67. The number of benzene rings is 1. The second-order valence-corrected chi connectivity index (χ2v) is 5.40. The minimum absolute atomic E-state index is 0.219. The Labute approximate surface area is 121 Å². The lowest BCUT2D eigenvalue weighted by molar-refractivity contribution is -0.143. The standard InChI is InChI=1S/C15H14N2O2S/c1-10(15(18)19-2)9-20-14-11(7-16)8-17-13-6-4-3-5-12(13)14/h3-6,8,10H,9H2,1-2H3. The molecule has 2 rings (SSSR count). The summed E-state index contributed by atoms with van der Waals surface area (Å²) in [4.78, 5) is 16.6. The number of ether oxygens (including phenoxy) is 1. The number of carbonyl (C=O) groups is 1. The number of aromatic nitrogens is 1. The minimum atomic E-state index is -0.241. The SMILES string of the molecule is COC(=O)C(C)CSc1c(C#N)cnc2ccccc12. The number of rotatable bonds is 4. The molecule has 0 saturated heterocycles. The van der Waals surface area contributed by atoms with Gasteiger partial charge in [-0.1, -0.05) is 25.1 Å². The van der Waals surface area contributed by atoms with Gasteiger partial charge in [-0.15, -0.1) is 11.8 Å². The van der Waals surface area contributed by atoms with Crippen LogP contribution in [0.3, 0.4) is 0 Å². The normalized spacial score (nSPS) is 11.8. The van der Waals surface area contributed by atoms with E-state index in [0.29, 0.717) is 11.3 Å². The molecule has 0 aliphatic heterocycles. The van der Waals surface area contributed by atoms with Gasteiger partial charge in [0.1, 0.15) is 6.07 Å². The van der Waals surface area contributed by atoms with Crippen LogP contribution in [-0.4, -0.2) is 23.8 Å². The predicted octanol–water partition coefficient (Wildman–Crippen LogP) is 3.01. The highest BCUT2D eigenvalue weighted by Gasteiger charge is 2.16. The van der Waals surface area contributed by atoms with Gasteiger partial charge in [-0.2, -0.15) is 5.26 Å². The summed E-state index contributed by atoms with van der Waals surface area (Å²) in [7, 11) is 1.38. The smallest absolute Gasteiger partial charge is 0.309 e. The molecule has 2 aromatic rings. The van der Waals surface area contributed by atoms with Gasteiger partial charge >= 0.3 is 5.97 Å². The summed E-state index contributed by atoms with van der Waals surface area (Å²) >= 11 is 1.49. The van der Waals surface area contributed by atoms with Crippen molar-refractivity contribution < 1.29 is 9.53 Å². The first-order valence-electron chi connectivity index (χ1n) is 6.16. The Morgan fingerprint density at radius 2 is 2.25 bits per heavy atom. The van der Waals surface area contributed by atoms with Crippen molar-refractivity contribution in [2.24, 2.45) is 5.92 Å². The number of pyridine rings is 1. The van der Waals surface area contributed by atoms with Gasteiger partial charge in [0, 0.05) is 22.2 Å². The van der Waals surface area contributed by atoms with Crippen LogP contribution in [0.1, 0.15) is 12.5 Å². The molecular weight excluding hydrogens is 272 g/mol. The predicted molar refractivity (Wildman–Crippen MR) is 78.4 cm³/mol. The highest BCUT2D eigenvalue weighted by Crippen LogP contribution is 2.31. The summed E-state index contributed by atoms with van der Waals surface area (Å²) < 4.78 is 4.71. The summed E-state index contributed by atoms with van der Waals surface area (Å²) in [6, 6.07) is 9.83. The van der Waals surface area contributed by atoms with Gasteiger partial charge in [-0.05, 0) is 6.07 Å². The Balaban J connectivity index is 2.33. The molecule has 1 aromatic carbocycles. The van der Waals surface area contributed by atoms with E-state index in [1.165, 1.54) is 18.9 Å². The molecule has 5 heteroatoms. The van der Waals surface area contributed by atoms with Gasteiger partial charge in [-0.3, -0.25) is 9.78 Å².